The Balaban J connectivity index is 0.00000243. The Morgan fingerprint density at radius 1 is 1.12 bits per heavy atom. The number of carbonyl (C=O) groups is 2. The van der Waals surface area contributed by atoms with Gasteiger partial charge < -0.3 is 16.9 Å². The van der Waals surface area contributed by atoms with Crippen LogP contribution in [0.3, 0.4) is 0 Å². The van der Waals surface area contributed by atoms with Crippen molar-refractivity contribution in [2.45, 2.75) is 17.7 Å². The quantitative estimate of drug-likeness (QED) is 0.406. The van der Waals surface area contributed by atoms with E-state index in [0.29, 0.717) is 23.6 Å². The van der Waals surface area contributed by atoms with E-state index in [9.17, 15) is 18.0 Å². The minimum absolute atomic E-state index is 0. The lowest BCUT2D eigenvalue weighted by molar-refractivity contribution is -0.122. The number of rotatable bonds is 3. The number of sulfonamides is 1. The van der Waals surface area contributed by atoms with Crippen LogP contribution < -0.4 is 16.4 Å². The Bertz CT molecular complexity index is 906. The maximum Gasteiger partial charge on any atom is 0.285 e. The standard InChI is InChI=1S/C15H15ClN4O4S.H2O/c16-8-1-6-11-12(7-8)14(22)20(13(11)21)9-2-4-10(5-3-9)25(23,24)19-15(17)18;/h1-5,11-12H,6-7H2,(H4,17,18,19);1H2. The van der Waals surface area contributed by atoms with Crippen molar-refractivity contribution < 1.29 is 23.5 Å². The van der Waals surface area contributed by atoms with Gasteiger partial charge in [-0.05, 0) is 37.1 Å². The number of carbonyl (C=O) groups excluding carboxylic acids is 2. The van der Waals surface area contributed by atoms with E-state index >= 15 is 0 Å². The van der Waals surface area contributed by atoms with E-state index in [1.165, 1.54) is 24.3 Å². The number of nitrogens with two attached hydrogens (primary N) is 2. The number of imide groups is 1. The molecular formula is C15H17ClN4O5S. The zero-order valence-corrected chi connectivity index (χ0v) is 15.0. The average molecular weight is 401 g/mol. The van der Waals surface area contributed by atoms with Gasteiger partial charge in [-0.15, -0.1) is 4.40 Å². The number of hydrogen-bond acceptors (Lipinski definition) is 4. The van der Waals surface area contributed by atoms with Crippen LogP contribution in [-0.2, 0) is 19.6 Å². The summed E-state index contributed by atoms with van der Waals surface area (Å²) in [5, 5.41) is 0.572. The third kappa shape index (κ3) is 3.43. The van der Waals surface area contributed by atoms with Crippen molar-refractivity contribution in [3.05, 3.63) is 35.4 Å². The third-order valence-corrected chi connectivity index (χ3v) is 5.82. The maximum atomic E-state index is 12.6. The summed E-state index contributed by atoms with van der Waals surface area (Å²) in [6, 6.07) is 5.23. The van der Waals surface area contributed by atoms with Crippen LogP contribution in [0, 0.1) is 11.8 Å². The lowest BCUT2D eigenvalue weighted by Gasteiger charge is -2.17. The molecule has 11 heteroatoms. The van der Waals surface area contributed by atoms with Crippen molar-refractivity contribution in [2.24, 2.45) is 27.7 Å². The molecule has 9 nitrogen and oxygen atoms in total. The molecule has 2 aliphatic rings. The van der Waals surface area contributed by atoms with E-state index in [4.69, 9.17) is 23.1 Å². The highest BCUT2D eigenvalue weighted by molar-refractivity contribution is 7.90. The smallest absolute Gasteiger partial charge is 0.285 e. The first-order valence-corrected chi connectivity index (χ1v) is 9.21. The Morgan fingerprint density at radius 3 is 2.27 bits per heavy atom. The number of fused-ring (bicyclic) bond motifs is 1. The van der Waals surface area contributed by atoms with Crippen LogP contribution in [0.5, 0.6) is 0 Å². The highest BCUT2D eigenvalue weighted by Gasteiger charge is 2.48. The van der Waals surface area contributed by atoms with Gasteiger partial charge in [-0.3, -0.25) is 14.5 Å². The van der Waals surface area contributed by atoms with Gasteiger partial charge in [-0.25, -0.2) is 0 Å². The predicted molar refractivity (Wildman–Crippen MR) is 95.7 cm³/mol. The second-order valence-electron chi connectivity index (χ2n) is 5.80. The number of guanidine groups is 1. The topological polar surface area (TPSA) is 167 Å². The fourth-order valence-corrected chi connectivity index (χ4v) is 4.16. The number of hydrogen-bond donors (Lipinski definition) is 2. The SMILES string of the molecule is NC(N)=NS(=O)(=O)c1ccc(N2C(=O)C3CC=C(Cl)CC3C2=O)cc1.O. The molecule has 0 spiro atoms. The Kier molecular flexibility index (Phi) is 5.40. The first-order chi connectivity index (χ1) is 11.7. The first-order valence-electron chi connectivity index (χ1n) is 7.39. The molecular weight excluding hydrogens is 384 g/mol. The van der Waals surface area contributed by atoms with Gasteiger partial charge in [-0.1, -0.05) is 17.7 Å². The molecule has 1 aromatic carbocycles. The van der Waals surface area contributed by atoms with Crippen molar-refractivity contribution in [1.82, 2.24) is 0 Å². The summed E-state index contributed by atoms with van der Waals surface area (Å²) in [6.45, 7) is 0. The van der Waals surface area contributed by atoms with Crippen LogP contribution in [0.1, 0.15) is 12.8 Å². The van der Waals surface area contributed by atoms with Crippen molar-refractivity contribution in [1.29, 1.82) is 0 Å². The van der Waals surface area contributed by atoms with Gasteiger partial charge in [0, 0.05) is 5.03 Å². The van der Waals surface area contributed by atoms with E-state index in [2.05, 4.69) is 4.40 Å². The van der Waals surface area contributed by atoms with E-state index in [1.807, 2.05) is 0 Å². The summed E-state index contributed by atoms with van der Waals surface area (Å²) in [5.41, 5.74) is 10.5. The Labute approximate surface area is 154 Å². The molecule has 2 unspecified atom stereocenters. The number of benzene rings is 1. The molecule has 0 aromatic heterocycles. The summed E-state index contributed by atoms with van der Waals surface area (Å²) in [5.74, 6) is -2.13. The molecule has 3 rings (SSSR count). The molecule has 140 valence electrons. The fraction of sp³-hybridized carbons (Fsp3) is 0.267. The molecule has 1 aliphatic heterocycles. The van der Waals surface area contributed by atoms with Crippen LogP contribution in [0.25, 0.3) is 0 Å². The van der Waals surface area contributed by atoms with Crippen molar-refractivity contribution in [2.75, 3.05) is 4.90 Å². The van der Waals surface area contributed by atoms with Crippen LogP contribution >= 0.6 is 11.6 Å². The highest BCUT2D eigenvalue weighted by Crippen LogP contribution is 2.40. The van der Waals surface area contributed by atoms with E-state index < -0.39 is 27.8 Å². The number of allylic oxidation sites excluding steroid dienone is 2. The number of amides is 2. The van der Waals surface area contributed by atoms with Gasteiger partial charge in [0.1, 0.15) is 0 Å². The molecule has 6 N–H and O–H groups in total. The molecule has 1 aromatic rings. The largest absolute Gasteiger partial charge is 0.412 e. The second kappa shape index (κ2) is 7.06. The van der Waals surface area contributed by atoms with Gasteiger partial charge in [0.25, 0.3) is 10.0 Å². The summed E-state index contributed by atoms with van der Waals surface area (Å²) >= 11 is 5.98. The normalized spacial score (nSPS) is 22.3. The van der Waals surface area contributed by atoms with Gasteiger partial charge >= 0.3 is 0 Å². The monoisotopic (exact) mass is 400 g/mol. The van der Waals surface area contributed by atoms with E-state index in [1.54, 1.807) is 6.08 Å². The van der Waals surface area contributed by atoms with Crippen LogP contribution in [0.4, 0.5) is 5.69 Å². The van der Waals surface area contributed by atoms with Crippen LogP contribution in [-0.4, -0.2) is 31.7 Å². The molecule has 1 heterocycles. The van der Waals surface area contributed by atoms with Crippen LogP contribution in [0.15, 0.2) is 44.7 Å². The van der Waals surface area contributed by atoms with Crippen molar-refractivity contribution in [3.8, 4) is 0 Å². The van der Waals surface area contributed by atoms with E-state index in [0.717, 1.165) is 4.90 Å². The zero-order chi connectivity index (χ0) is 18.4. The molecule has 0 bridgehead atoms. The second-order valence-corrected chi connectivity index (χ2v) is 7.89. The molecule has 0 radical (unpaired) electrons. The lowest BCUT2D eigenvalue weighted by atomic mass is 9.85. The minimum Gasteiger partial charge on any atom is -0.412 e. The van der Waals surface area contributed by atoms with Crippen molar-refractivity contribution >= 4 is 45.1 Å². The summed E-state index contributed by atoms with van der Waals surface area (Å²) in [6.07, 6.45) is 2.51. The molecule has 2 atom stereocenters. The van der Waals surface area contributed by atoms with Gasteiger partial charge in [0.2, 0.25) is 17.8 Å². The zero-order valence-electron chi connectivity index (χ0n) is 13.4. The van der Waals surface area contributed by atoms with Gasteiger partial charge in [-0.2, -0.15) is 8.42 Å². The molecule has 26 heavy (non-hydrogen) atoms. The summed E-state index contributed by atoms with van der Waals surface area (Å²) < 4.78 is 27.0. The third-order valence-electron chi connectivity index (χ3n) is 4.19. The van der Waals surface area contributed by atoms with Gasteiger partial charge in [0.15, 0.2) is 0 Å². The summed E-state index contributed by atoms with van der Waals surface area (Å²) in [4.78, 5) is 26.0. The molecule has 2 amide bonds. The molecule has 1 saturated heterocycles. The molecule has 1 aliphatic carbocycles. The fourth-order valence-electron chi connectivity index (χ4n) is 3.04. The summed E-state index contributed by atoms with van der Waals surface area (Å²) in [7, 11) is -4.03. The molecule has 1 fully saturated rings. The number of anilines is 1. The van der Waals surface area contributed by atoms with Crippen molar-refractivity contribution in [3.63, 3.8) is 0 Å². The maximum absolute atomic E-state index is 12.6. The highest BCUT2D eigenvalue weighted by atomic mass is 35.5. The Hall–Kier alpha value is -2.43. The lowest BCUT2D eigenvalue weighted by Crippen LogP contribution is -2.30. The Morgan fingerprint density at radius 2 is 1.69 bits per heavy atom. The number of nitrogens with zero attached hydrogens (tertiary/aromatic N) is 2. The average Bonchev–Trinajstić information content (AvgIpc) is 2.77. The number of halogens is 1. The van der Waals surface area contributed by atoms with Gasteiger partial charge in [0.05, 0.1) is 22.4 Å². The van der Waals surface area contributed by atoms with E-state index in [-0.39, 0.29) is 22.2 Å². The predicted octanol–water partition coefficient (Wildman–Crippen LogP) is -0.154. The molecule has 0 saturated carbocycles. The first kappa shape index (κ1) is 19.9. The van der Waals surface area contributed by atoms with Crippen LogP contribution in [0.2, 0.25) is 0 Å². The minimum atomic E-state index is -4.03.